The highest BCUT2D eigenvalue weighted by Crippen LogP contribution is 2.17. The molecule has 0 radical (unpaired) electrons. The molecule has 0 fully saturated rings. The van der Waals surface area contributed by atoms with Gasteiger partial charge in [-0.25, -0.2) is 0 Å². The van der Waals surface area contributed by atoms with Gasteiger partial charge in [0.2, 0.25) is 5.91 Å². The van der Waals surface area contributed by atoms with Gasteiger partial charge in [0.1, 0.15) is 0 Å². The Morgan fingerprint density at radius 3 is 2.88 bits per heavy atom. The summed E-state index contributed by atoms with van der Waals surface area (Å²) in [5.41, 5.74) is 6.57. The van der Waals surface area contributed by atoms with Crippen molar-refractivity contribution in [3.8, 4) is 0 Å². The molecule has 0 saturated carbocycles. The highest BCUT2D eigenvalue weighted by molar-refractivity contribution is 8.00. The highest BCUT2D eigenvalue weighted by Gasteiger charge is 2.04. The summed E-state index contributed by atoms with van der Waals surface area (Å²) in [6.07, 6.45) is 2.72. The lowest BCUT2D eigenvalue weighted by atomic mass is 10.2. The molecule has 1 aromatic heterocycles. The van der Waals surface area contributed by atoms with Crippen molar-refractivity contribution in [3.63, 3.8) is 0 Å². The van der Waals surface area contributed by atoms with Crippen LogP contribution in [0, 0.1) is 0 Å². The van der Waals surface area contributed by atoms with Crippen molar-refractivity contribution in [3.05, 3.63) is 24.0 Å². The molecule has 1 atom stereocenters. The second kappa shape index (κ2) is 7.29. The van der Waals surface area contributed by atoms with Crippen molar-refractivity contribution < 1.29 is 4.79 Å². The molecule has 0 bridgehead atoms. The second-order valence-electron chi connectivity index (χ2n) is 3.85. The van der Waals surface area contributed by atoms with E-state index in [9.17, 15) is 4.79 Å². The number of thioether (sulfide) groups is 1. The Labute approximate surface area is 106 Å². The quantitative estimate of drug-likeness (QED) is 0.757. The molecular formula is C12H19N3OS. The van der Waals surface area contributed by atoms with Crippen molar-refractivity contribution in [2.75, 3.05) is 12.3 Å². The molecule has 1 aromatic rings. The van der Waals surface area contributed by atoms with Crippen LogP contribution in [0.3, 0.4) is 0 Å². The molecule has 17 heavy (non-hydrogen) atoms. The standard InChI is InChI=1S/C12H19N3OS/c1-3-6-14-12(16)8-17-10-4-5-11(9(2)13)15-7-10/h4-5,7,9H,3,6,8,13H2,1-2H3,(H,14,16). The number of nitrogens with zero attached hydrogens (tertiary/aromatic N) is 1. The summed E-state index contributed by atoms with van der Waals surface area (Å²) in [5.74, 6) is 0.493. The van der Waals surface area contributed by atoms with Crippen LogP contribution in [0.15, 0.2) is 23.2 Å². The molecule has 0 aliphatic rings. The average molecular weight is 253 g/mol. The van der Waals surface area contributed by atoms with Gasteiger partial charge in [0, 0.05) is 23.7 Å². The third kappa shape index (κ3) is 5.19. The predicted molar refractivity (Wildman–Crippen MR) is 70.9 cm³/mol. The molecule has 94 valence electrons. The van der Waals surface area contributed by atoms with Crippen LogP contribution in [0.2, 0.25) is 0 Å². The van der Waals surface area contributed by atoms with Crippen LogP contribution in [-0.2, 0) is 4.79 Å². The Morgan fingerprint density at radius 2 is 2.35 bits per heavy atom. The first-order valence-corrected chi connectivity index (χ1v) is 6.73. The molecule has 0 aromatic carbocycles. The Balaban J connectivity index is 2.39. The van der Waals surface area contributed by atoms with E-state index in [2.05, 4.69) is 10.3 Å². The van der Waals surface area contributed by atoms with E-state index in [4.69, 9.17) is 5.73 Å². The normalized spacial score (nSPS) is 12.2. The first-order chi connectivity index (χ1) is 8.13. The summed E-state index contributed by atoms with van der Waals surface area (Å²) < 4.78 is 0. The molecule has 1 heterocycles. The summed E-state index contributed by atoms with van der Waals surface area (Å²) in [6.45, 7) is 4.67. The van der Waals surface area contributed by atoms with Gasteiger partial charge >= 0.3 is 0 Å². The van der Waals surface area contributed by atoms with E-state index in [-0.39, 0.29) is 11.9 Å². The molecule has 5 heteroatoms. The van der Waals surface area contributed by atoms with Gasteiger partial charge in [-0.05, 0) is 25.5 Å². The third-order valence-corrected chi connectivity index (χ3v) is 3.15. The number of pyridine rings is 1. The molecule has 1 rings (SSSR count). The van der Waals surface area contributed by atoms with Crippen molar-refractivity contribution in [2.24, 2.45) is 5.73 Å². The molecule has 3 N–H and O–H groups in total. The number of carbonyl (C=O) groups is 1. The minimum absolute atomic E-state index is 0.0538. The van der Waals surface area contributed by atoms with E-state index in [0.717, 1.165) is 23.6 Å². The molecule has 0 spiro atoms. The van der Waals surface area contributed by atoms with Crippen LogP contribution < -0.4 is 11.1 Å². The topological polar surface area (TPSA) is 68.0 Å². The van der Waals surface area contributed by atoms with E-state index in [1.54, 1.807) is 6.20 Å². The third-order valence-electron chi connectivity index (χ3n) is 2.17. The fourth-order valence-electron chi connectivity index (χ4n) is 1.21. The van der Waals surface area contributed by atoms with Crippen LogP contribution >= 0.6 is 11.8 Å². The van der Waals surface area contributed by atoms with Crippen LogP contribution in [0.1, 0.15) is 32.0 Å². The zero-order valence-corrected chi connectivity index (χ0v) is 11.1. The summed E-state index contributed by atoms with van der Waals surface area (Å²) >= 11 is 1.48. The molecule has 0 aliphatic carbocycles. The van der Waals surface area contributed by atoms with E-state index in [1.807, 2.05) is 26.0 Å². The maximum absolute atomic E-state index is 11.4. The lowest BCUT2D eigenvalue weighted by Crippen LogP contribution is -2.25. The molecule has 1 amide bonds. The SMILES string of the molecule is CCCNC(=O)CSc1ccc(C(C)N)nc1. The van der Waals surface area contributed by atoms with Crippen molar-refractivity contribution >= 4 is 17.7 Å². The molecule has 0 saturated heterocycles. The van der Waals surface area contributed by atoms with Gasteiger partial charge in [-0.1, -0.05) is 6.92 Å². The van der Waals surface area contributed by atoms with Gasteiger partial charge < -0.3 is 11.1 Å². The largest absolute Gasteiger partial charge is 0.355 e. The van der Waals surface area contributed by atoms with Gasteiger partial charge in [-0.2, -0.15) is 0 Å². The zero-order chi connectivity index (χ0) is 12.7. The number of hydrogen-bond acceptors (Lipinski definition) is 4. The average Bonchev–Trinajstić information content (AvgIpc) is 2.34. The molecule has 1 unspecified atom stereocenters. The zero-order valence-electron chi connectivity index (χ0n) is 10.3. The lowest BCUT2D eigenvalue weighted by molar-refractivity contribution is -0.118. The molecular weight excluding hydrogens is 234 g/mol. The number of amides is 1. The van der Waals surface area contributed by atoms with E-state index < -0.39 is 0 Å². The number of rotatable bonds is 6. The number of aromatic nitrogens is 1. The Hall–Kier alpha value is -1.07. The monoisotopic (exact) mass is 253 g/mol. The van der Waals surface area contributed by atoms with Gasteiger partial charge in [-0.3, -0.25) is 9.78 Å². The van der Waals surface area contributed by atoms with Crippen LogP contribution in [0.25, 0.3) is 0 Å². The number of hydrogen-bond donors (Lipinski definition) is 2. The summed E-state index contributed by atoms with van der Waals surface area (Å²) in [4.78, 5) is 16.6. The Bertz CT molecular complexity index is 351. The van der Waals surface area contributed by atoms with Gasteiger partial charge in [-0.15, -0.1) is 11.8 Å². The van der Waals surface area contributed by atoms with Crippen LogP contribution in [0.4, 0.5) is 0 Å². The minimum Gasteiger partial charge on any atom is -0.355 e. The highest BCUT2D eigenvalue weighted by atomic mass is 32.2. The fourth-order valence-corrected chi connectivity index (χ4v) is 1.90. The summed E-state index contributed by atoms with van der Waals surface area (Å²) in [5, 5.41) is 2.83. The number of nitrogens with two attached hydrogens (primary N) is 1. The minimum atomic E-state index is -0.0538. The van der Waals surface area contributed by atoms with E-state index in [1.165, 1.54) is 11.8 Å². The first-order valence-electron chi connectivity index (χ1n) is 5.74. The van der Waals surface area contributed by atoms with Crippen molar-refractivity contribution in [2.45, 2.75) is 31.2 Å². The number of nitrogens with one attached hydrogen (secondary N) is 1. The van der Waals surface area contributed by atoms with E-state index >= 15 is 0 Å². The molecule has 4 nitrogen and oxygen atoms in total. The predicted octanol–water partition coefficient (Wildman–Crippen LogP) is 1.72. The number of carbonyl (C=O) groups excluding carboxylic acids is 1. The van der Waals surface area contributed by atoms with Gasteiger partial charge in [0.25, 0.3) is 0 Å². The Morgan fingerprint density at radius 1 is 1.59 bits per heavy atom. The summed E-state index contributed by atoms with van der Waals surface area (Å²) in [6, 6.07) is 3.79. The van der Waals surface area contributed by atoms with Crippen LogP contribution in [-0.4, -0.2) is 23.2 Å². The molecule has 0 aliphatic heterocycles. The lowest BCUT2D eigenvalue weighted by Gasteiger charge is -2.06. The van der Waals surface area contributed by atoms with Gasteiger partial charge in [0.15, 0.2) is 0 Å². The Kier molecular flexibility index (Phi) is 6.00. The maximum Gasteiger partial charge on any atom is 0.230 e. The van der Waals surface area contributed by atoms with Gasteiger partial charge in [0.05, 0.1) is 11.4 Å². The van der Waals surface area contributed by atoms with Crippen molar-refractivity contribution in [1.82, 2.24) is 10.3 Å². The van der Waals surface area contributed by atoms with Crippen molar-refractivity contribution in [1.29, 1.82) is 0 Å². The van der Waals surface area contributed by atoms with E-state index in [0.29, 0.717) is 5.75 Å². The summed E-state index contributed by atoms with van der Waals surface area (Å²) in [7, 11) is 0. The second-order valence-corrected chi connectivity index (χ2v) is 4.89. The van der Waals surface area contributed by atoms with Crippen LogP contribution in [0.5, 0.6) is 0 Å². The maximum atomic E-state index is 11.4. The smallest absolute Gasteiger partial charge is 0.230 e. The first kappa shape index (κ1) is 14.0. The fraction of sp³-hybridized carbons (Fsp3) is 0.500.